The van der Waals surface area contributed by atoms with Crippen LogP contribution in [-0.2, 0) is 4.79 Å². The van der Waals surface area contributed by atoms with Crippen molar-refractivity contribution in [3.63, 3.8) is 0 Å². The van der Waals surface area contributed by atoms with Crippen molar-refractivity contribution in [1.29, 1.82) is 5.26 Å². The average Bonchev–Trinajstić information content (AvgIpc) is 2.57. The molecule has 1 aromatic heterocycles. The van der Waals surface area contributed by atoms with Crippen molar-refractivity contribution >= 4 is 28.9 Å². The molecule has 1 aromatic carbocycles. The largest absolute Gasteiger partial charge is 0.495 e. The minimum Gasteiger partial charge on any atom is -0.495 e. The van der Waals surface area contributed by atoms with Crippen LogP contribution in [0.1, 0.15) is 5.56 Å². The van der Waals surface area contributed by atoms with Crippen molar-refractivity contribution in [2.75, 3.05) is 17.7 Å². The Kier molecular flexibility index (Phi) is 5.77. The van der Waals surface area contributed by atoms with Crippen LogP contribution in [0, 0.1) is 18.3 Å². The number of hydrogen-bond acceptors (Lipinski definition) is 5. The molecular weight excluding hydrogens is 328 g/mol. The van der Waals surface area contributed by atoms with Crippen LogP contribution < -0.4 is 15.4 Å². The minimum absolute atomic E-state index is 0.113. The number of halogens is 1. The Bertz CT molecular complexity index is 828. The highest BCUT2D eigenvalue weighted by Gasteiger charge is 2.12. The molecule has 0 spiro atoms. The fraction of sp³-hybridized carbons (Fsp3) is 0.118. The van der Waals surface area contributed by atoms with E-state index in [-0.39, 0.29) is 10.7 Å². The van der Waals surface area contributed by atoms with Crippen molar-refractivity contribution in [1.82, 2.24) is 4.98 Å². The molecule has 0 saturated carbocycles. The monoisotopic (exact) mass is 342 g/mol. The zero-order valence-corrected chi connectivity index (χ0v) is 13.9. The molecule has 2 N–H and O–H groups in total. The lowest BCUT2D eigenvalue weighted by Gasteiger charge is -2.10. The van der Waals surface area contributed by atoms with Crippen LogP contribution in [0.5, 0.6) is 5.75 Å². The molecule has 0 aliphatic heterocycles. The molecule has 7 heteroatoms. The molecule has 24 heavy (non-hydrogen) atoms. The summed E-state index contributed by atoms with van der Waals surface area (Å²) in [5.74, 6) is -0.0524. The molecule has 0 bridgehead atoms. The number of rotatable bonds is 5. The predicted molar refractivity (Wildman–Crippen MR) is 92.9 cm³/mol. The lowest BCUT2D eigenvalue weighted by atomic mass is 10.2. The average molecular weight is 343 g/mol. The van der Waals surface area contributed by atoms with Gasteiger partial charge in [-0.2, -0.15) is 5.26 Å². The van der Waals surface area contributed by atoms with Crippen LogP contribution in [0.25, 0.3) is 0 Å². The number of pyridine rings is 1. The number of ether oxygens (including phenoxy) is 1. The van der Waals surface area contributed by atoms with Crippen LogP contribution >= 0.6 is 11.6 Å². The number of hydrogen-bond donors (Lipinski definition) is 2. The van der Waals surface area contributed by atoms with Crippen LogP contribution in [0.2, 0.25) is 5.15 Å². The van der Waals surface area contributed by atoms with Gasteiger partial charge in [-0.1, -0.05) is 17.7 Å². The van der Waals surface area contributed by atoms with E-state index >= 15 is 0 Å². The van der Waals surface area contributed by atoms with Gasteiger partial charge in [-0.25, -0.2) is 4.98 Å². The number of nitrogens with zero attached hydrogens (tertiary/aromatic N) is 2. The number of amides is 1. The number of carbonyl (C=O) groups excluding carboxylic acids is 1. The number of nitrogens with one attached hydrogen (secondary N) is 2. The van der Waals surface area contributed by atoms with E-state index in [4.69, 9.17) is 16.3 Å². The summed E-state index contributed by atoms with van der Waals surface area (Å²) in [5.41, 5.74) is 1.82. The third-order valence-corrected chi connectivity index (χ3v) is 3.40. The second-order valence-electron chi connectivity index (χ2n) is 4.81. The van der Waals surface area contributed by atoms with Crippen molar-refractivity contribution in [3.8, 4) is 11.8 Å². The first-order valence-electron chi connectivity index (χ1n) is 6.98. The van der Waals surface area contributed by atoms with Gasteiger partial charge in [0.25, 0.3) is 5.91 Å². The number of nitriles is 1. The van der Waals surface area contributed by atoms with Gasteiger partial charge >= 0.3 is 0 Å². The maximum Gasteiger partial charge on any atom is 0.267 e. The van der Waals surface area contributed by atoms with Crippen LogP contribution in [0.15, 0.2) is 48.3 Å². The van der Waals surface area contributed by atoms with Gasteiger partial charge < -0.3 is 15.4 Å². The summed E-state index contributed by atoms with van der Waals surface area (Å²) in [6.07, 6.45) is 2.82. The number of anilines is 2. The van der Waals surface area contributed by atoms with E-state index in [1.165, 1.54) is 13.3 Å². The number of benzene rings is 1. The molecule has 0 atom stereocenters. The molecule has 1 amide bonds. The van der Waals surface area contributed by atoms with Crippen molar-refractivity contribution in [2.24, 2.45) is 0 Å². The quantitative estimate of drug-likeness (QED) is 0.493. The SMILES string of the molecule is COc1ccc(C)cc1NC(=O)/C(C#N)=C\Nc1cccnc1Cl. The van der Waals surface area contributed by atoms with Crippen molar-refractivity contribution in [2.45, 2.75) is 6.92 Å². The van der Waals surface area contributed by atoms with Crippen LogP contribution in [0.4, 0.5) is 11.4 Å². The fourth-order valence-electron chi connectivity index (χ4n) is 1.90. The van der Waals surface area contributed by atoms with Gasteiger partial charge in [0.1, 0.15) is 17.4 Å². The lowest BCUT2D eigenvalue weighted by Crippen LogP contribution is -2.15. The van der Waals surface area contributed by atoms with Crippen molar-refractivity contribution in [3.05, 3.63) is 59.0 Å². The normalized spacial score (nSPS) is 10.7. The molecule has 0 saturated heterocycles. The Balaban J connectivity index is 2.18. The van der Waals surface area contributed by atoms with E-state index in [1.807, 2.05) is 19.1 Å². The first kappa shape index (κ1) is 17.3. The fourth-order valence-corrected chi connectivity index (χ4v) is 2.08. The van der Waals surface area contributed by atoms with Crippen LogP contribution in [-0.4, -0.2) is 18.0 Å². The van der Waals surface area contributed by atoms with Gasteiger partial charge in [0.05, 0.1) is 18.5 Å². The first-order valence-corrected chi connectivity index (χ1v) is 7.36. The lowest BCUT2D eigenvalue weighted by molar-refractivity contribution is -0.112. The van der Waals surface area contributed by atoms with Gasteiger partial charge in [-0.05, 0) is 36.8 Å². The second-order valence-corrected chi connectivity index (χ2v) is 5.17. The number of methoxy groups -OCH3 is 1. The zero-order valence-electron chi connectivity index (χ0n) is 13.1. The predicted octanol–water partition coefficient (Wildman–Crippen LogP) is 3.51. The van der Waals surface area contributed by atoms with Gasteiger partial charge in [-0.15, -0.1) is 0 Å². The molecule has 2 rings (SSSR count). The molecule has 0 unspecified atom stereocenters. The number of aromatic nitrogens is 1. The summed E-state index contributed by atoms with van der Waals surface area (Å²) in [6.45, 7) is 1.89. The van der Waals surface area contributed by atoms with Crippen molar-refractivity contribution < 1.29 is 9.53 Å². The van der Waals surface area contributed by atoms with Crippen LogP contribution in [0.3, 0.4) is 0 Å². The summed E-state index contributed by atoms with van der Waals surface area (Å²) >= 11 is 5.91. The smallest absolute Gasteiger partial charge is 0.267 e. The Hall–Kier alpha value is -3.04. The Morgan fingerprint density at radius 1 is 1.38 bits per heavy atom. The summed E-state index contributed by atoms with van der Waals surface area (Å²) in [6, 6.07) is 10.6. The standard InChI is InChI=1S/C17H15ClN4O2/c1-11-5-6-15(24-2)14(8-11)22-17(23)12(9-19)10-21-13-4-3-7-20-16(13)18/h3-8,10,21H,1-2H3,(H,22,23)/b12-10-. The molecule has 0 fully saturated rings. The van der Waals surface area contributed by atoms with Gasteiger partial charge in [0, 0.05) is 12.4 Å². The van der Waals surface area contributed by atoms with E-state index in [2.05, 4.69) is 15.6 Å². The molecule has 0 aliphatic rings. The van der Waals surface area contributed by atoms with Gasteiger partial charge in [0.2, 0.25) is 0 Å². The highest BCUT2D eigenvalue weighted by atomic mass is 35.5. The van der Waals surface area contributed by atoms with Gasteiger partial charge in [0.15, 0.2) is 5.15 Å². The van der Waals surface area contributed by atoms with Gasteiger partial charge in [-0.3, -0.25) is 4.79 Å². The highest BCUT2D eigenvalue weighted by molar-refractivity contribution is 6.32. The van der Waals surface area contributed by atoms with E-state index in [0.29, 0.717) is 17.1 Å². The van der Waals surface area contributed by atoms with E-state index < -0.39 is 5.91 Å². The second kappa shape index (κ2) is 7.99. The van der Waals surface area contributed by atoms with E-state index in [1.54, 1.807) is 30.5 Å². The van der Waals surface area contributed by atoms with E-state index in [9.17, 15) is 10.1 Å². The number of carbonyl (C=O) groups is 1. The topological polar surface area (TPSA) is 87.0 Å². The molecule has 0 aliphatic carbocycles. The third kappa shape index (κ3) is 4.24. The molecule has 0 radical (unpaired) electrons. The summed E-state index contributed by atoms with van der Waals surface area (Å²) in [7, 11) is 1.51. The summed E-state index contributed by atoms with van der Waals surface area (Å²) < 4.78 is 5.20. The maximum absolute atomic E-state index is 12.3. The van der Waals surface area contributed by atoms with E-state index in [0.717, 1.165) is 5.56 Å². The summed E-state index contributed by atoms with van der Waals surface area (Å²) in [4.78, 5) is 16.2. The Morgan fingerprint density at radius 2 is 2.17 bits per heavy atom. The highest BCUT2D eigenvalue weighted by Crippen LogP contribution is 2.25. The first-order chi connectivity index (χ1) is 11.5. The minimum atomic E-state index is -0.561. The molecule has 1 heterocycles. The molecular formula is C17H15ClN4O2. The maximum atomic E-state index is 12.3. The Labute approximate surface area is 144 Å². The summed E-state index contributed by atoms with van der Waals surface area (Å²) in [5, 5.41) is 14.9. The molecule has 6 nitrogen and oxygen atoms in total. The third-order valence-electron chi connectivity index (χ3n) is 3.10. The number of aryl methyl sites for hydroxylation is 1. The Morgan fingerprint density at radius 3 is 2.83 bits per heavy atom. The molecule has 122 valence electrons. The zero-order chi connectivity index (χ0) is 17.5. The molecule has 2 aromatic rings.